The zero-order valence-electron chi connectivity index (χ0n) is 8.91. The summed E-state index contributed by atoms with van der Waals surface area (Å²) in [5.74, 6) is 0.853. The van der Waals surface area contributed by atoms with Crippen molar-refractivity contribution in [3.05, 3.63) is 23.4 Å². The highest BCUT2D eigenvalue weighted by Crippen LogP contribution is 2.24. The summed E-state index contributed by atoms with van der Waals surface area (Å²) in [5, 5.41) is 3.80. The highest BCUT2D eigenvalue weighted by atomic mass is 35.5. The van der Waals surface area contributed by atoms with Gasteiger partial charge in [-0.1, -0.05) is 17.7 Å². The van der Waals surface area contributed by atoms with Crippen molar-refractivity contribution >= 4 is 17.4 Å². The minimum atomic E-state index is 0.538. The average molecular weight is 226 g/mol. The second-order valence-electron chi connectivity index (χ2n) is 3.98. The fourth-order valence-electron chi connectivity index (χ4n) is 1.56. The normalized spacial score (nSPS) is 15.7. The van der Waals surface area contributed by atoms with E-state index >= 15 is 0 Å². The standard InChI is InChI=1S/C11H16ClN3/c1-15(9-5-6-9)8-7-13-11-4-2-3-10(12)14-11/h2-4,9H,5-8H2,1H3,(H,13,14). The van der Waals surface area contributed by atoms with Crippen LogP contribution in [0, 0.1) is 0 Å². The molecule has 0 atom stereocenters. The Morgan fingerprint density at radius 1 is 1.53 bits per heavy atom. The van der Waals surface area contributed by atoms with Gasteiger partial charge in [-0.15, -0.1) is 0 Å². The van der Waals surface area contributed by atoms with E-state index in [9.17, 15) is 0 Å². The van der Waals surface area contributed by atoms with Crippen LogP contribution in [0.25, 0.3) is 0 Å². The van der Waals surface area contributed by atoms with E-state index in [1.54, 1.807) is 6.07 Å². The van der Waals surface area contributed by atoms with E-state index in [2.05, 4.69) is 22.2 Å². The molecule has 0 aliphatic heterocycles. The first kappa shape index (κ1) is 10.7. The molecule has 15 heavy (non-hydrogen) atoms. The zero-order chi connectivity index (χ0) is 10.7. The average Bonchev–Trinajstić information content (AvgIpc) is 3.00. The third-order valence-electron chi connectivity index (χ3n) is 2.66. The van der Waals surface area contributed by atoms with Gasteiger partial charge >= 0.3 is 0 Å². The first-order chi connectivity index (χ1) is 7.25. The fourth-order valence-corrected chi connectivity index (χ4v) is 1.73. The molecule has 1 N–H and O–H groups in total. The molecule has 1 aliphatic rings. The second kappa shape index (κ2) is 4.81. The second-order valence-corrected chi connectivity index (χ2v) is 4.37. The number of aromatic nitrogens is 1. The number of anilines is 1. The lowest BCUT2D eigenvalue weighted by molar-refractivity contribution is 0.337. The van der Waals surface area contributed by atoms with E-state index in [-0.39, 0.29) is 0 Å². The number of hydrogen-bond donors (Lipinski definition) is 1. The van der Waals surface area contributed by atoms with Gasteiger partial charge in [0.1, 0.15) is 11.0 Å². The summed E-state index contributed by atoms with van der Waals surface area (Å²) in [4.78, 5) is 6.55. The maximum Gasteiger partial charge on any atom is 0.131 e. The number of halogens is 1. The number of nitrogens with one attached hydrogen (secondary N) is 1. The molecule has 1 aliphatic carbocycles. The van der Waals surface area contributed by atoms with E-state index < -0.39 is 0 Å². The molecule has 0 unspecified atom stereocenters. The Bertz CT molecular complexity index is 325. The summed E-state index contributed by atoms with van der Waals surface area (Å²) in [6.07, 6.45) is 2.71. The van der Waals surface area contributed by atoms with Gasteiger partial charge in [0.05, 0.1) is 0 Å². The molecule has 1 heterocycles. The number of rotatable bonds is 5. The zero-order valence-corrected chi connectivity index (χ0v) is 9.67. The number of likely N-dealkylation sites (N-methyl/N-ethyl adjacent to an activating group) is 1. The van der Waals surface area contributed by atoms with Crippen molar-refractivity contribution in [1.29, 1.82) is 0 Å². The third kappa shape index (κ3) is 3.36. The molecule has 0 spiro atoms. The van der Waals surface area contributed by atoms with Gasteiger partial charge in [0.2, 0.25) is 0 Å². The molecule has 1 saturated carbocycles. The van der Waals surface area contributed by atoms with Crippen LogP contribution in [0.1, 0.15) is 12.8 Å². The molecule has 0 bridgehead atoms. The van der Waals surface area contributed by atoms with Gasteiger partial charge in [0.15, 0.2) is 0 Å². The highest BCUT2D eigenvalue weighted by Gasteiger charge is 2.25. The smallest absolute Gasteiger partial charge is 0.131 e. The van der Waals surface area contributed by atoms with Crippen LogP contribution in [0.15, 0.2) is 18.2 Å². The van der Waals surface area contributed by atoms with Crippen LogP contribution >= 0.6 is 11.6 Å². The van der Waals surface area contributed by atoms with Crippen LogP contribution in [-0.4, -0.2) is 36.1 Å². The first-order valence-corrected chi connectivity index (χ1v) is 5.70. The quantitative estimate of drug-likeness (QED) is 0.780. The Labute approximate surface area is 95.4 Å². The Hall–Kier alpha value is -0.800. The monoisotopic (exact) mass is 225 g/mol. The third-order valence-corrected chi connectivity index (χ3v) is 2.87. The van der Waals surface area contributed by atoms with E-state index in [4.69, 9.17) is 11.6 Å². The van der Waals surface area contributed by atoms with Gasteiger partial charge in [0.25, 0.3) is 0 Å². The molecule has 82 valence electrons. The van der Waals surface area contributed by atoms with E-state index in [0.717, 1.165) is 24.9 Å². The molecule has 2 rings (SSSR count). The molecule has 1 fully saturated rings. The summed E-state index contributed by atoms with van der Waals surface area (Å²) in [5.41, 5.74) is 0. The molecular weight excluding hydrogens is 210 g/mol. The van der Waals surface area contributed by atoms with Crippen LogP contribution in [0.2, 0.25) is 5.15 Å². The van der Waals surface area contributed by atoms with Gasteiger partial charge in [-0.25, -0.2) is 4.98 Å². The van der Waals surface area contributed by atoms with Crippen molar-refractivity contribution in [2.24, 2.45) is 0 Å². The van der Waals surface area contributed by atoms with Crippen LogP contribution in [0.3, 0.4) is 0 Å². The van der Waals surface area contributed by atoms with Gasteiger partial charge in [0, 0.05) is 19.1 Å². The van der Waals surface area contributed by atoms with Crippen LogP contribution in [0.5, 0.6) is 0 Å². The molecule has 0 saturated heterocycles. The lowest BCUT2D eigenvalue weighted by Gasteiger charge is -2.15. The molecule has 1 aromatic rings. The first-order valence-electron chi connectivity index (χ1n) is 5.32. The summed E-state index contributed by atoms with van der Waals surface area (Å²) in [7, 11) is 2.17. The lowest BCUT2D eigenvalue weighted by atomic mass is 10.4. The predicted octanol–water partition coefficient (Wildman–Crippen LogP) is 2.24. The van der Waals surface area contributed by atoms with E-state index in [1.807, 2.05) is 12.1 Å². The largest absolute Gasteiger partial charge is 0.369 e. The molecule has 0 radical (unpaired) electrons. The number of nitrogens with zero attached hydrogens (tertiary/aromatic N) is 2. The Morgan fingerprint density at radius 2 is 2.33 bits per heavy atom. The maximum absolute atomic E-state index is 5.79. The van der Waals surface area contributed by atoms with Crippen molar-refractivity contribution in [2.45, 2.75) is 18.9 Å². The lowest BCUT2D eigenvalue weighted by Crippen LogP contribution is -2.27. The van der Waals surface area contributed by atoms with Gasteiger partial charge < -0.3 is 10.2 Å². The topological polar surface area (TPSA) is 28.2 Å². The molecule has 0 aromatic carbocycles. The number of pyridine rings is 1. The van der Waals surface area contributed by atoms with Crippen LogP contribution < -0.4 is 5.32 Å². The summed E-state index contributed by atoms with van der Waals surface area (Å²) in [6.45, 7) is 1.97. The fraction of sp³-hybridized carbons (Fsp3) is 0.545. The molecule has 0 amide bonds. The van der Waals surface area contributed by atoms with Crippen molar-refractivity contribution < 1.29 is 0 Å². The summed E-state index contributed by atoms with van der Waals surface area (Å²) in [6, 6.07) is 6.44. The SMILES string of the molecule is CN(CCNc1cccc(Cl)n1)C1CC1. The van der Waals surface area contributed by atoms with Crippen molar-refractivity contribution in [1.82, 2.24) is 9.88 Å². The van der Waals surface area contributed by atoms with E-state index in [1.165, 1.54) is 12.8 Å². The van der Waals surface area contributed by atoms with Crippen molar-refractivity contribution in [3.63, 3.8) is 0 Å². The predicted molar refractivity (Wildman–Crippen MR) is 63.4 cm³/mol. The van der Waals surface area contributed by atoms with Crippen LogP contribution in [0.4, 0.5) is 5.82 Å². The number of hydrogen-bond acceptors (Lipinski definition) is 3. The highest BCUT2D eigenvalue weighted by molar-refractivity contribution is 6.29. The molecular formula is C11H16ClN3. The summed E-state index contributed by atoms with van der Waals surface area (Å²) >= 11 is 5.79. The molecule has 4 heteroatoms. The molecule has 3 nitrogen and oxygen atoms in total. The minimum Gasteiger partial charge on any atom is -0.369 e. The minimum absolute atomic E-state index is 0.538. The summed E-state index contributed by atoms with van der Waals surface area (Å²) < 4.78 is 0. The van der Waals surface area contributed by atoms with E-state index in [0.29, 0.717) is 5.15 Å². The van der Waals surface area contributed by atoms with Crippen molar-refractivity contribution in [3.8, 4) is 0 Å². The van der Waals surface area contributed by atoms with Crippen molar-refractivity contribution in [2.75, 3.05) is 25.5 Å². The Kier molecular flexibility index (Phi) is 3.44. The van der Waals surface area contributed by atoms with Gasteiger partial charge in [-0.2, -0.15) is 0 Å². The van der Waals surface area contributed by atoms with Crippen LogP contribution in [-0.2, 0) is 0 Å². The van der Waals surface area contributed by atoms with Gasteiger partial charge in [-0.05, 0) is 32.0 Å². The Balaban J connectivity index is 1.73. The molecule has 1 aromatic heterocycles. The Morgan fingerprint density at radius 3 is 3.00 bits per heavy atom. The van der Waals surface area contributed by atoms with Gasteiger partial charge in [-0.3, -0.25) is 0 Å². The maximum atomic E-state index is 5.79.